The number of rotatable bonds is 5. The molecule has 0 aromatic carbocycles. The Bertz CT molecular complexity index is 171. The molecule has 0 aromatic heterocycles. The fraction of sp³-hybridized carbons (Fsp3) is 1.00. The van der Waals surface area contributed by atoms with Crippen molar-refractivity contribution in [2.75, 3.05) is 20.1 Å². The van der Waals surface area contributed by atoms with Crippen molar-refractivity contribution in [3.05, 3.63) is 0 Å². The maximum atomic E-state index is 3.57. The van der Waals surface area contributed by atoms with Gasteiger partial charge in [-0.2, -0.15) is 0 Å². The largest absolute Gasteiger partial charge is 0.313 e. The average molecular weight is 196 g/mol. The molecule has 1 saturated heterocycles. The number of nitrogens with zero attached hydrogens (tertiary/aromatic N) is 1. The van der Waals surface area contributed by atoms with Crippen LogP contribution in [0, 0.1) is 5.92 Å². The minimum atomic E-state index is 0.765. The van der Waals surface area contributed by atoms with Gasteiger partial charge in [0.2, 0.25) is 0 Å². The topological polar surface area (TPSA) is 15.3 Å². The van der Waals surface area contributed by atoms with Crippen LogP contribution in [-0.2, 0) is 0 Å². The van der Waals surface area contributed by atoms with Crippen LogP contribution in [0.1, 0.15) is 39.0 Å². The van der Waals surface area contributed by atoms with Crippen molar-refractivity contribution in [3.8, 4) is 0 Å². The monoisotopic (exact) mass is 196 g/mol. The van der Waals surface area contributed by atoms with E-state index in [9.17, 15) is 0 Å². The van der Waals surface area contributed by atoms with E-state index in [0.717, 1.165) is 18.0 Å². The highest BCUT2D eigenvalue weighted by Crippen LogP contribution is 2.34. The van der Waals surface area contributed by atoms with Crippen molar-refractivity contribution in [3.63, 3.8) is 0 Å². The van der Waals surface area contributed by atoms with E-state index >= 15 is 0 Å². The van der Waals surface area contributed by atoms with Crippen LogP contribution in [0.4, 0.5) is 0 Å². The van der Waals surface area contributed by atoms with Gasteiger partial charge in [0.1, 0.15) is 0 Å². The summed E-state index contributed by atoms with van der Waals surface area (Å²) in [6.45, 7) is 4.86. The number of hydrogen-bond donors (Lipinski definition) is 1. The van der Waals surface area contributed by atoms with E-state index in [-0.39, 0.29) is 0 Å². The molecule has 2 unspecified atom stereocenters. The van der Waals surface area contributed by atoms with Crippen LogP contribution in [0.3, 0.4) is 0 Å². The van der Waals surface area contributed by atoms with E-state index in [1.807, 2.05) is 0 Å². The SMILES string of the molecule is CC(CC1CC1)N(C)CC1CCCN1. The second-order valence-electron chi connectivity index (χ2n) is 5.26. The Morgan fingerprint density at radius 3 is 2.71 bits per heavy atom. The first-order valence-electron chi connectivity index (χ1n) is 6.19. The molecule has 2 aliphatic rings. The van der Waals surface area contributed by atoms with Gasteiger partial charge in [0.05, 0.1) is 0 Å². The highest BCUT2D eigenvalue weighted by atomic mass is 15.2. The molecule has 2 atom stereocenters. The fourth-order valence-corrected chi connectivity index (χ4v) is 2.46. The van der Waals surface area contributed by atoms with Crippen LogP contribution in [0.15, 0.2) is 0 Å². The van der Waals surface area contributed by atoms with Crippen LogP contribution in [-0.4, -0.2) is 37.1 Å². The smallest absolute Gasteiger partial charge is 0.0195 e. The van der Waals surface area contributed by atoms with Crippen molar-refractivity contribution in [2.24, 2.45) is 5.92 Å². The number of nitrogens with one attached hydrogen (secondary N) is 1. The van der Waals surface area contributed by atoms with Crippen LogP contribution >= 0.6 is 0 Å². The molecular weight excluding hydrogens is 172 g/mol. The summed E-state index contributed by atoms with van der Waals surface area (Å²) in [6, 6.07) is 1.55. The summed E-state index contributed by atoms with van der Waals surface area (Å²) in [5.41, 5.74) is 0. The third kappa shape index (κ3) is 2.96. The molecule has 82 valence electrons. The summed E-state index contributed by atoms with van der Waals surface area (Å²) in [7, 11) is 2.28. The normalized spacial score (nSPS) is 29.8. The van der Waals surface area contributed by atoms with Gasteiger partial charge < -0.3 is 10.2 Å². The molecule has 1 heterocycles. The zero-order chi connectivity index (χ0) is 9.97. The lowest BCUT2D eigenvalue weighted by molar-refractivity contribution is 0.219. The van der Waals surface area contributed by atoms with Gasteiger partial charge in [-0.1, -0.05) is 12.8 Å². The summed E-state index contributed by atoms with van der Waals surface area (Å²) in [5.74, 6) is 1.06. The van der Waals surface area contributed by atoms with E-state index in [1.165, 1.54) is 45.2 Å². The van der Waals surface area contributed by atoms with E-state index in [2.05, 4.69) is 24.2 Å². The van der Waals surface area contributed by atoms with Crippen molar-refractivity contribution in [1.29, 1.82) is 0 Å². The van der Waals surface area contributed by atoms with Crippen molar-refractivity contribution in [2.45, 2.75) is 51.1 Å². The molecule has 0 amide bonds. The number of hydrogen-bond acceptors (Lipinski definition) is 2. The first-order chi connectivity index (χ1) is 6.75. The van der Waals surface area contributed by atoms with Gasteiger partial charge in [0.15, 0.2) is 0 Å². The minimum absolute atomic E-state index is 0.765. The molecule has 0 aromatic rings. The van der Waals surface area contributed by atoms with Crippen LogP contribution in [0.5, 0.6) is 0 Å². The van der Waals surface area contributed by atoms with E-state index in [0.29, 0.717) is 0 Å². The van der Waals surface area contributed by atoms with Gasteiger partial charge in [-0.15, -0.1) is 0 Å². The van der Waals surface area contributed by atoms with Gasteiger partial charge in [-0.05, 0) is 45.7 Å². The molecule has 2 heteroatoms. The molecule has 1 saturated carbocycles. The van der Waals surface area contributed by atoms with Gasteiger partial charge >= 0.3 is 0 Å². The van der Waals surface area contributed by atoms with Gasteiger partial charge in [0.25, 0.3) is 0 Å². The first-order valence-corrected chi connectivity index (χ1v) is 6.19. The second kappa shape index (κ2) is 4.63. The van der Waals surface area contributed by atoms with Crippen molar-refractivity contribution in [1.82, 2.24) is 10.2 Å². The van der Waals surface area contributed by atoms with Crippen LogP contribution in [0.2, 0.25) is 0 Å². The van der Waals surface area contributed by atoms with Crippen LogP contribution < -0.4 is 5.32 Å². The fourth-order valence-electron chi connectivity index (χ4n) is 2.46. The molecule has 2 fully saturated rings. The third-order valence-electron chi connectivity index (χ3n) is 3.79. The Kier molecular flexibility index (Phi) is 3.45. The highest BCUT2D eigenvalue weighted by molar-refractivity contribution is 4.82. The minimum Gasteiger partial charge on any atom is -0.313 e. The standard InChI is InChI=1S/C12H24N2/c1-10(8-11-5-6-11)14(2)9-12-4-3-7-13-12/h10-13H,3-9H2,1-2H3. The van der Waals surface area contributed by atoms with E-state index in [4.69, 9.17) is 0 Å². The maximum Gasteiger partial charge on any atom is 0.0195 e. The molecule has 0 spiro atoms. The molecule has 14 heavy (non-hydrogen) atoms. The quantitative estimate of drug-likeness (QED) is 0.722. The third-order valence-corrected chi connectivity index (χ3v) is 3.79. The summed E-state index contributed by atoms with van der Waals surface area (Å²) >= 11 is 0. The molecule has 2 nitrogen and oxygen atoms in total. The predicted octanol–water partition coefficient (Wildman–Crippen LogP) is 1.86. The molecule has 0 bridgehead atoms. The zero-order valence-corrected chi connectivity index (χ0v) is 9.63. The molecule has 0 radical (unpaired) electrons. The summed E-state index contributed by atoms with van der Waals surface area (Å²) in [5, 5.41) is 3.57. The second-order valence-corrected chi connectivity index (χ2v) is 5.26. The summed E-state index contributed by atoms with van der Waals surface area (Å²) in [6.07, 6.45) is 7.14. The lowest BCUT2D eigenvalue weighted by Crippen LogP contribution is -2.40. The van der Waals surface area contributed by atoms with Gasteiger partial charge in [-0.3, -0.25) is 0 Å². The Hall–Kier alpha value is -0.0800. The molecule has 1 aliphatic heterocycles. The molecule has 1 aliphatic carbocycles. The zero-order valence-electron chi connectivity index (χ0n) is 9.63. The highest BCUT2D eigenvalue weighted by Gasteiger charge is 2.26. The van der Waals surface area contributed by atoms with Crippen molar-refractivity contribution < 1.29 is 0 Å². The molecular formula is C12H24N2. The molecule has 2 rings (SSSR count). The Morgan fingerprint density at radius 1 is 1.36 bits per heavy atom. The lowest BCUT2D eigenvalue weighted by Gasteiger charge is -2.27. The maximum absolute atomic E-state index is 3.57. The van der Waals surface area contributed by atoms with Gasteiger partial charge in [-0.25, -0.2) is 0 Å². The Balaban J connectivity index is 1.66. The van der Waals surface area contributed by atoms with Crippen LogP contribution in [0.25, 0.3) is 0 Å². The Morgan fingerprint density at radius 2 is 2.14 bits per heavy atom. The Labute approximate surface area is 88.1 Å². The number of likely N-dealkylation sites (N-methyl/N-ethyl adjacent to an activating group) is 1. The lowest BCUT2D eigenvalue weighted by atomic mass is 10.1. The first kappa shape index (κ1) is 10.4. The average Bonchev–Trinajstić information content (AvgIpc) is 2.81. The summed E-state index contributed by atoms with van der Waals surface area (Å²) in [4.78, 5) is 2.54. The van der Waals surface area contributed by atoms with E-state index < -0.39 is 0 Å². The molecule has 1 N–H and O–H groups in total. The predicted molar refractivity (Wildman–Crippen MR) is 60.5 cm³/mol. The van der Waals surface area contributed by atoms with Crippen molar-refractivity contribution >= 4 is 0 Å². The van der Waals surface area contributed by atoms with Gasteiger partial charge in [0, 0.05) is 18.6 Å². The van der Waals surface area contributed by atoms with E-state index in [1.54, 1.807) is 0 Å². The summed E-state index contributed by atoms with van der Waals surface area (Å²) < 4.78 is 0.